The van der Waals surface area contributed by atoms with Crippen molar-refractivity contribution >= 4 is 51.5 Å². The number of nitrogens with one attached hydrogen (secondary N) is 1. The Morgan fingerprint density at radius 1 is 0.952 bits per heavy atom. The second-order valence-electron chi connectivity index (χ2n) is 16.2. The number of likely N-dealkylation sites (tertiary alicyclic amines) is 2. The minimum atomic E-state index is -0.278. The Balaban J connectivity index is 0.000000202. The number of rotatable bonds is 12. The molecule has 7 heterocycles. The molecule has 0 spiro atoms. The molecule has 0 saturated carbocycles. The molecule has 0 aliphatic carbocycles. The number of phenolic OH excluding ortho intramolecular Hbond substituents is 1. The van der Waals surface area contributed by atoms with Gasteiger partial charge < -0.3 is 34.8 Å². The van der Waals surface area contributed by atoms with Crippen molar-refractivity contribution < 1.29 is 24.3 Å². The van der Waals surface area contributed by atoms with Crippen LogP contribution in [0.4, 0.5) is 5.82 Å². The fraction of sp³-hybridized carbons (Fsp3) is 0.447. The van der Waals surface area contributed by atoms with Crippen LogP contribution in [0, 0.1) is 18.8 Å². The van der Waals surface area contributed by atoms with Gasteiger partial charge in [0.15, 0.2) is 5.82 Å². The first-order valence-electron chi connectivity index (χ1n) is 21.7. The lowest BCUT2D eigenvalue weighted by Gasteiger charge is -2.42. The molecule has 3 N–H and O–H groups in total. The number of carbonyl (C=O) groups excluding carboxylic acids is 2. The molecule has 0 radical (unpaired) electrons. The molecule has 3 saturated heterocycles. The zero-order chi connectivity index (χ0) is 44.0. The third-order valence-corrected chi connectivity index (χ3v) is 13.3. The monoisotopic (exact) mass is 880 g/mol. The number of anilines is 1. The topological polar surface area (TPSA) is 161 Å². The van der Waals surface area contributed by atoms with Crippen LogP contribution < -0.4 is 10.2 Å². The largest absolute Gasteiger partial charge is 0.507 e. The number of aliphatic hydroxyl groups excluding tert-OH is 1. The molecule has 2 amide bonds. The molecule has 2 aromatic carbocycles. The first-order chi connectivity index (χ1) is 30.1. The van der Waals surface area contributed by atoms with E-state index in [0.29, 0.717) is 37.9 Å². The smallest absolute Gasteiger partial charge is 0.209 e. The van der Waals surface area contributed by atoms with Crippen LogP contribution in [0.25, 0.3) is 31.9 Å². The van der Waals surface area contributed by atoms with E-state index in [4.69, 9.17) is 9.63 Å². The normalized spacial score (nSPS) is 16.7. The molecule has 13 nitrogen and oxygen atoms in total. The van der Waals surface area contributed by atoms with E-state index in [9.17, 15) is 14.7 Å². The van der Waals surface area contributed by atoms with Crippen LogP contribution in [-0.4, -0.2) is 105 Å². The van der Waals surface area contributed by atoms with Crippen LogP contribution in [0.1, 0.15) is 74.8 Å². The van der Waals surface area contributed by atoms with E-state index in [1.54, 1.807) is 22.3 Å². The molecule has 6 aromatic rings. The molecular weight excluding hydrogens is 821 g/mol. The highest BCUT2D eigenvalue weighted by molar-refractivity contribution is 7.19. The van der Waals surface area contributed by atoms with Crippen molar-refractivity contribution in [3.8, 4) is 27.4 Å². The summed E-state index contributed by atoms with van der Waals surface area (Å²) in [5.74, 6) is 4.15. The van der Waals surface area contributed by atoms with Gasteiger partial charge in [0.1, 0.15) is 17.0 Å². The highest BCUT2D eigenvalue weighted by Gasteiger charge is 2.32. The number of fused-ring (bicyclic) bond motifs is 1. The molecule has 3 aliphatic heterocycles. The van der Waals surface area contributed by atoms with Gasteiger partial charge in [-0.15, -0.1) is 32.9 Å². The first kappa shape index (κ1) is 46.3. The number of thiophene rings is 1. The summed E-state index contributed by atoms with van der Waals surface area (Å²) in [4.78, 5) is 33.5. The zero-order valence-electron chi connectivity index (χ0n) is 36.4. The van der Waals surface area contributed by atoms with Crippen LogP contribution >= 0.6 is 22.7 Å². The van der Waals surface area contributed by atoms with Crippen LogP contribution in [-0.2, 0) is 22.6 Å². The van der Waals surface area contributed by atoms with E-state index < -0.39 is 0 Å². The fourth-order valence-corrected chi connectivity index (χ4v) is 9.74. The summed E-state index contributed by atoms with van der Waals surface area (Å²) < 4.78 is 6.67. The lowest BCUT2D eigenvalue weighted by molar-refractivity contribution is -0.117. The average molecular weight is 881 g/mol. The summed E-state index contributed by atoms with van der Waals surface area (Å²) in [6, 6.07) is 21.8. The number of aryl methyl sites for hydroxylation is 1. The van der Waals surface area contributed by atoms with E-state index in [1.807, 2.05) is 68.0 Å². The average Bonchev–Trinajstić information content (AvgIpc) is 4.11. The van der Waals surface area contributed by atoms with Crippen molar-refractivity contribution in [2.75, 3.05) is 50.7 Å². The third kappa shape index (κ3) is 12.5. The van der Waals surface area contributed by atoms with Crippen molar-refractivity contribution in [3.63, 3.8) is 0 Å². The van der Waals surface area contributed by atoms with Crippen LogP contribution in [0.3, 0.4) is 0 Å². The molecular formula is C47H60N8O5S2. The van der Waals surface area contributed by atoms with Crippen molar-refractivity contribution in [3.05, 3.63) is 94.1 Å². The number of hydrogen-bond acceptors (Lipinski definition) is 13. The minimum Gasteiger partial charge on any atom is -0.507 e. The van der Waals surface area contributed by atoms with Gasteiger partial charge >= 0.3 is 0 Å². The molecule has 1 unspecified atom stereocenters. The van der Waals surface area contributed by atoms with E-state index in [1.165, 1.54) is 34.7 Å². The standard InChI is InChI=1S/C28H33N5O2S.C12H12N2OS.C5H9NO2.C2H6/c1-18(2)11-21-12-28(31-35-21)33-9-7-19(8-10-33)15-32-16-20(17-32)26-14-24-27(36-26)13-23(29-30-24)22-5-3-4-6-25(22)34;1-9-12(16-8-14-9)11-4-2-10(3-5-11)6-13-7-15;7-4-6-2-1-5(8)3-6;1-2/h3-6,12-14,18-20,34H,7-11,15-17H2,1-2H3;2-5,7-8H,6H2,1H3,(H,13,15);4-5,8H,1-3H2;1-2H3. The Bertz CT molecular complexity index is 2300. The van der Waals surface area contributed by atoms with Crippen LogP contribution in [0.5, 0.6) is 5.75 Å². The first-order valence-corrected chi connectivity index (χ1v) is 23.4. The van der Waals surface area contributed by atoms with Gasteiger partial charge in [-0.2, -0.15) is 0 Å². The molecule has 330 valence electrons. The predicted molar refractivity (Wildman–Crippen MR) is 248 cm³/mol. The number of aromatic hydroxyl groups is 1. The maximum atomic E-state index is 10.2. The number of β-amino-alcohol motifs (C(OH)–C–C–N with tert-alkyl or cyclic N) is 1. The molecule has 62 heavy (non-hydrogen) atoms. The SMILES string of the molecule is CC.CC(C)Cc1cc(N2CCC(CN3CC(c4cc5nnc(-c6ccccc6O)cc5s4)C3)CC2)no1.Cc1ncsc1-c1ccc(CNC=O)cc1.O=CN1CCC(O)C1. The maximum absolute atomic E-state index is 10.2. The minimum absolute atomic E-state index is 0.236. The molecule has 3 aliphatic rings. The zero-order valence-corrected chi connectivity index (χ0v) is 38.1. The number of nitrogens with zero attached hydrogens (tertiary/aromatic N) is 7. The van der Waals surface area contributed by atoms with E-state index in [-0.39, 0.29) is 11.9 Å². The fourth-order valence-electron chi connectivity index (χ4n) is 7.81. The number of carbonyl (C=O) groups is 2. The number of thiazole rings is 1. The number of para-hydroxylation sites is 1. The second-order valence-corrected chi connectivity index (χ2v) is 18.2. The number of piperidine rings is 1. The van der Waals surface area contributed by atoms with E-state index in [0.717, 1.165) is 95.7 Å². The molecule has 1 atom stereocenters. The van der Waals surface area contributed by atoms with Gasteiger partial charge in [-0.05, 0) is 73.4 Å². The lowest BCUT2D eigenvalue weighted by Crippen LogP contribution is -2.48. The Labute approximate surface area is 372 Å². The number of benzene rings is 2. The summed E-state index contributed by atoms with van der Waals surface area (Å²) in [6.07, 6.45) is 5.31. The number of aromatic nitrogens is 4. The molecule has 15 heteroatoms. The van der Waals surface area contributed by atoms with E-state index in [2.05, 4.69) is 79.6 Å². The number of phenols is 1. The lowest BCUT2D eigenvalue weighted by atomic mass is 9.92. The number of aliphatic hydroxyl groups is 1. The molecule has 0 bridgehead atoms. The predicted octanol–water partition coefficient (Wildman–Crippen LogP) is 8.17. The summed E-state index contributed by atoms with van der Waals surface area (Å²) in [6.45, 7) is 17.8. The Hall–Kier alpha value is -5.22. The second kappa shape index (κ2) is 22.7. The summed E-state index contributed by atoms with van der Waals surface area (Å²) in [5.41, 5.74) is 7.58. The number of amides is 2. The van der Waals surface area contributed by atoms with Crippen molar-refractivity contribution in [2.24, 2.45) is 11.8 Å². The highest BCUT2D eigenvalue weighted by Crippen LogP contribution is 2.38. The van der Waals surface area contributed by atoms with E-state index >= 15 is 0 Å². The Morgan fingerprint density at radius 3 is 2.34 bits per heavy atom. The summed E-state index contributed by atoms with van der Waals surface area (Å²) >= 11 is 3.46. The van der Waals surface area contributed by atoms with Gasteiger partial charge in [0.05, 0.1) is 32.6 Å². The summed E-state index contributed by atoms with van der Waals surface area (Å²) in [5, 5.41) is 34.7. The van der Waals surface area contributed by atoms with Gasteiger partial charge in [-0.25, -0.2) is 4.98 Å². The highest BCUT2D eigenvalue weighted by atomic mass is 32.1. The summed E-state index contributed by atoms with van der Waals surface area (Å²) in [7, 11) is 0. The molecule has 4 aromatic heterocycles. The van der Waals surface area contributed by atoms with Crippen molar-refractivity contribution in [1.82, 2.24) is 35.5 Å². The van der Waals surface area contributed by atoms with Gasteiger partial charge in [0, 0.05) is 81.2 Å². The van der Waals surface area contributed by atoms with Gasteiger partial charge in [0.2, 0.25) is 12.8 Å². The quantitative estimate of drug-likeness (QED) is 0.102. The maximum Gasteiger partial charge on any atom is 0.209 e. The van der Waals surface area contributed by atoms with Crippen LogP contribution in [0.2, 0.25) is 0 Å². The number of hydrogen-bond donors (Lipinski definition) is 3. The van der Waals surface area contributed by atoms with Gasteiger partial charge in [0.25, 0.3) is 0 Å². The Kier molecular flexibility index (Phi) is 17.0. The van der Waals surface area contributed by atoms with Gasteiger partial charge in [-0.1, -0.05) is 69.2 Å². The Morgan fingerprint density at radius 2 is 1.71 bits per heavy atom. The van der Waals surface area contributed by atoms with Crippen LogP contribution in [0.15, 0.2) is 76.8 Å². The van der Waals surface area contributed by atoms with Crippen molar-refractivity contribution in [2.45, 2.75) is 78.9 Å². The molecule has 3 fully saturated rings. The van der Waals surface area contributed by atoms with Crippen molar-refractivity contribution in [1.29, 1.82) is 0 Å². The van der Waals surface area contributed by atoms with Gasteiger partial charge in [-0.3, -0.25) is 9.59 Å². The molecule has 9 rings (SSSR count). The third-order valence-electron chi connectivity index (χ3n) is 11.1.